The molecular formula is C16H19N3O. The van der Waals surface area contributed by atoms with Crippen molar-refractivity contribution in [2.45, 2.75) is 33.2 Å². The number of aryl methyl sites for hydroxylation is 1. The average Bonchev–Trinajstić information content (AvgIpc) is 2.77. The van der Waals surface area contributed by atoms with Crippen molar-refractivity contribution in [3.05, 3.63) is 41.6 Å². The van der Waals surface area contributed by atoms with Crippen LogP contribution in [0.25, 0.3) is 0 Å². The smallest absolute Gasteiger partial charge is 0.224 e. The van der Waals surface area contributed by atoms with E-state index in [9.17, 15) is 5.26 Å². The lowest BCUT2D eigenvalue weighted by Crippen LogP contribution is -2.08. The summed E-state index contributed by atoms with van der Waals surface area (Å²) in [6, 6.07) is 11.7. The summed E-state index contributed by atoms with van der Waals surface area (Å²) in [6.45, 7) is 6.13. The number of hydrogen-bond donors (Lipinski definition) is 1. The maximum atomic E-state index is 9.22. The lowest BCUT2D eigenvalue weighted by molar-refractivity contribution is 0.397. The SMILES string of the molecule is CC[C@@H](C)n1c(C#N)cc(N)c1Oc1ccc(C)cc1. The molecule has 2 rings (SSSR count). The van der Waals surface area contributed by atoms with E-state index in [4.69, 9.17) is 10.5 Å². The van der Waals surface area contributed by atoms with Gasteiger partial charge in [0, 0.05) is 12.1 Å². The van der Waals surface area contributed by atoms with Crippen LogP contribution in [0.15, 0.2) is 30.3 Å². The normalized spacial score (nSPS) is 11.9. The third-order valence-corrected chi connectivity index (χ3v) is 3.40. The second-order valence-electron chi connectivity index (χ2n) is 4.94. The third-order valence-electron chi connectivity index (χ3n) is 3.40. The van der Waals surface area contributed by atoms with Gasteiger partial charge >= 0.3 is 0 Å². The molecule has 0 unspecified atom stereocenters. The van der Waals surface area contributed by atoms with Crippen LogP contribution in [0.1, 0.15) is 37.6 Å². The lowest BCUT2D eigenvalue weighted by Gasteiger charge is -2.17. The first-order valence-electron chi connectivity index (χ1n) is 6.72. The Kier molecular flexibility index (Phi) is 3.99. The van der Waals surface area contributed by atoms with Crippen LogP contribution in [-0.4, -0.2) is 4.57 Å². The zero-order valence-corrected chi connectivity index (χ0v) is 12.1. The third kappa shape index (κ3) is 2.62. The number of nitrogens with zero attached hydrogens (tertiary/aromatic N) is 2. The number of ether oxygens (including phenoxy) is 1. The highest BCUT2D eigenvalue weighted by Gasteiger charge is 2.18. The van der Waals surface area contributed by atoms with Crippen LogP contribution in [0.4, 0.5) is 5.69 Å². The molecule has 1 aromatic carbocycles. The van der Waals surface area contributed by atoms with Gasteiger partial charge < -0.3 is 10.5 Å². The minimum absolute atomic E-state index is 0.155. The van der Waals surface area contributed by atoms with Crippen molar-refractivity contribution in [2.24, 2.45) is 0 Å². The molecule has 1 heterocycles. The first-order chi connectivity index (χ1) is 9.56. The van der Waals surface area contributed by atoms with Crippen LogP contribution in [0.2, 0.25) is 0 Å². The van der Waals surface area contributed by atoms with Crippen molar-refractivity contribution in [3.63, 3.8) is 0 Å². The lowest BCUT2D eigenvalue weighted by atomic mass is 10.2. The van der Waals surface area contributed by atoms with E-state index in [1.54, 1.807) is 6.07 Å². The molecule has 0 spiro atoms. The number of rotatable bonds is 4. The molecule has 0 saturated carbocycles. The molecule has 0 aliphatic heterocycles. The van der Waals surface area contributed by atoms with Crippen molar-refractivity contribution in [1.82, 2.24) is 4.57 Å². The van der Waals surface area contributed by atoms with E-state index in [1.165, 1.54) is 5.56 Å². The van der Waals surface area contributed by atoms with Gasteiger partial charge in [0.25, 0.3) is 0 Å². The van der Waals surface area contributed by atoms with Crippen LogP contribution < -0.4 is 10.5 Å². The van der Waals surface area contributed by atoms with Crippen molar-refractivity contribution in [2.75, 3.05) is 5.73 Å². The Labute approximate surface area is 119 Å². The predicted octanol–water partition coefficient (Wildman–Crippen LogP) is 4.01. The summed E-state index contributed by atoms with van der Waals surface area (Å²) in [6.07, 6.45) is 0.896. The summed E-state index contributed by atoms with van der Waals surface area (Å²) in [5, 5.41) is 9.22. The maximum absolute atomic E-state index is 9.22. The van der Waals surface area contributed by atoms with E-state index in [0.717, 1.165) is 12.2 Å². The van der Waals surface area contributed by atoms with Gasteiger partial charge in [0.05, 0.1) is 5.69 Å². The molecule has 4 heteroatoms. The van der Waals surface area contributed by atoms with Gasteiger partial charge in [-0.15, -0.1) is 0 Å². The first kappa shape index (κ1) is 14.0. The fraction of sp³-hybridized carbons (Fsp3) is 0.312. The minimum atomic E-state index is 0.155. The molecule has 4 nitrogen and oxygen atoms in total. The highest BCUT2D eigenvalue weighted by Crippen LogP contribution is 2.34. The molecule has 2 N–H and O–H groups in total. The Morgan fingerprint density at radius 3 is 2.55 bits per heavy atom. The summed E-state index contributed by atoms with van der Waals surface area (Å²) in [5.74, 6) is 1.26. The molecule has 2 aromatic rings. The Bertz CT molecular complexity index is 635. The molecule has 20 heavy (non-hydrogen) atoms. The Hall–Kier alpha value is -2.41. The van der Waals surface area contributed by atoms with E-state index in [2.05, 4.69) is 13.0 Å². The molecule has 0 bridgehead atoms. The zero-order chi connectivity index (χ0) is 14.7. The zero-order valence-electron chi connectivity index (χ0n) is 12.1. The van der Waals surface area contributed by atoms with Crippen molar-refractivity contribution < 1.29 is 4.74 Å². The second kappa shape index (κ2) is 5.70. The number of benzene rings is 1. The van der Waals surface area contributed by atoms with Crippen LogP contribution in [0, 0.1) is 18.3 Å². The number of nitriles is 1. The highest BCUT2D eigenvalue weighted by atomic mass is 16.5. The topological polar surface area (TPSA) is 64.0 Å². The van der Waals surface area contributed by atoms with Crippen LogP contribution in [0.5, 0.6) is 11.6 Å². The molecule has 0 radical (unpaired) electrons. The van der Waals surface area contributed by atoms with Gasteiger partial charge in [0.2, 0.25) is 5.88 Å². The largest absolute Gasteiger partial charge is 0.439 e. The van der Waals surface area contributed by atoms with E-state index in [-0.39, 0.29) is 6.04 Å². The Morgan fingerprint density at radius 2 is 2.00 bits per heavy atom. The molecule has 104 valence electrons. The molecule has 0 aliphatic carbocycles. The van der Waals surface area contributed by atoms with E-state index < -0.39 is 0 Å². The maximum Gasteiger partial charge on any atom is 0.224 e. The molecule has 0 fully saturated rings. The van der Waals surface area contributed by atoms with Crippen molar-refractivity contribution in [3.8, 4) is 17.7 Å². The van der Waals surface area contributed by atoms with Gasteiger partial charge in [-0.1, -0.05) is 24.6 Å². The molecule has 1 aromatic heterocycles. The molecule has 0 aliphatic rings. The van der Waals surface area contributed by atoms with E-state index in [0.29, 0.717) is 17.3 Å². The van der Waals surface area contributed by atoms with Crippen LogP contribution >= 0.6 is 0 Å². The molecule has 0 amide bonds. The summed E-state index contributed by atoms with van der Waals surface area (Å²) in [4.78, 5) is 0. The highest BCUT2D eigenvalue weighted by molar-refractivity contribution is 5.56. The van der Waals surface area contributed by atoms with E-state index in [1.807, 2.05) is 42.7 Å². The van der Waals surface area contributed by atoms with E-state index >= 15 is 0 Å². The number of hydrogen-bond acceptors (Lipinski definition) is 3. The predicted molar refractivity (Wildman–Crippen MR) is 79.8 cm³/mol. The first-order valence-corrected chi connectivity index (χ1v) is 6.72. The number of nitrogens with two attached hydrogens (primary N) is 1. The second-order valence-corrected chi connectivity index (χ2v) is 4.94. The monoisotopic (exact) mass is 269 g/mol. The molecule has 0 saturated heterocycles. The number of anilines is 1. The van der Waals surface area contributed by atoms with Crippen LogP contribution in [0.3, 0.4) is 0 Å². The summed E-state index contributed by atoms with van der Waals surface area (Å²) < 4.78 is 7.74. The van der Waals surface area contributed by atoms with Gasteiger partial charge in [-0.3, -0.25) is 4.57 Å². The summed E-state index contributed by atoms with van der Waals surface area (Å²) >= 11 is 0. The quantitative estimate of drug-likeness (QED) is 0.911. The molecular weight excluding hydrogens is 250 g/mol. The van der Waals surface area contributed by atoms with Crippen molar-refractivity contribution in [1.29, 1.82) is 5.26 Å². The Morgan fingerprint density at radius 1 is 1.35 bits per heavy atom. The average molecular weight is 269 g/mol. The minimum Gasteiger partial charge on any atom is -0.439 e. The Balaban J connectivity index is 2.43. The fourth-order valence-electron chi connectivity index (χ4n) is 2.06. The standard InChI is InChI=1S/C16H19N3O/c1-4-12(3)19-13(10-17)9-15(18)16(19)20-14-7-5-11(2)6-8-14/h5-9,12H,4,18H2,1-3H3/t12-/m1/s1. The number of nitrogen functional groups attached to an aromatic ring is 1. The summed E-state index contributed by atoms with van der Waals surface area (Å²) in [7, 11) is 0. The van der Waals surface area contributed by atoms with Gasteiger partial charge in [0.15, 0.2) is 0 Å². The van der Waals surface area contributed by atoms with Gasteiger partial charge in [-0.05, 0) is 32.4 Å². The van der Waals surface area contributed by atoms with Gasteiger partial charge in [-0.2, -0.15) is 5.26 Å². The molecule has 1 atom stereocenters. The summed E-state index contributed by atoms with van der Waals surface area (Å²) in [5.41, 5.74) is 8.17. The number of aromatic nitrogens is 1. The van der Waals surface area contributed by atoms with Crippen molar-refractivity contribution >= 4 is 5.69 Å². The fourth-order valence-corrected chi connectivity index (χ4v) is 2.06. The van der Waals surface area contributed by atoms with Gasteiger partial charge in [0.1, 0.15) is 17.5 Å². The van der Waals surface area contributed by atoms with Crippen LogP contribution in [-0.2, 0) is 0 Å². The van der Waals surface area contributed by atoms with Gasteiger partial charge in [-0.25, -0.2) is 0 Å².